The molecule has 1 aliphatic carbocycles. The normalized spacial score (nSPS) is 14.1. The first-order valence-electron chi connectivity index (χ1n) is 9.07. The molecule has 0 saturated heterocycles. The summed E-state index contributed by atoms with van der Waals surface area (Å²) in [5, 5.41) is 4.17. The SMILES string of the molecule is Cn1cc(-c2ncccc2CNS(=O)(=O)c2ccc3c(c2)CCCC3)cn1. The lowest BCUT2D eigenvalue weighted by molar-refractivity contribution is 0.580. The van der Waals surface area contributed by atoms with E-state index in [1.54, 1.807) is 23.1 Å². The quantitative estimate of drug-likeness (QED) is 0.736. The number of hydrogen-bond acceptors (Lipinski definition) is 4. The first kappa shape index (κ1) is 17.9. The van der Waals surface area contributed by atoms with Crippen LogP contribution in [0.25, 0.3) is 11.3 Å². The topological polar surface area (TPSA) is 76.9 Å². The van der Waals surface area contributed by atoms with Crippen LogP contribution >= 0.6 is 0 Å². The van der Waals surface area contributed by atoms with Gasteiger partial charge in [-0.2, -0.15) is 5.10 Å². The molecule has 2 heterocycles. The summed E-state index contributed by atoms with van der Waals surface area (Å²) in [4.78, 5) is 4.73. The summed E-state index contributed by atoms with van der Waals surface area (Å²) >= 11 is 0. The molecule has 1 aromatic carbocycles. The van der Waals surface area contributed by atoms with E-state index in [2.05, 4.69) is 14.8 Å². The Balaban J connectivity index is 1.57. The monoisotopic (exact) mass is 382 g/mol. The maximum atomic E-state index is 12.8. The van der Waals surface area contributed by atoms with Gasteiger partial charge in [0.05, 0.1) is 16.8 Å². The van der Waals surface area contributed by atoms with Gasteiger partial charge in [0.25, 0.3) is 0 Å². The van der Waals surface area contributed by atoms with Crippen LogP contribution in [0.15, 0.2) is 53.8 Å². The van der Waals surface area contributed by atoms with Crippen molar-refractivity contribution in [2.24, 2.45) is 7.05 Å². The van der Waals surface area contributed by atoms with Gasteiger partial charge in [-0.1, -0.05) is 12.1 Å². The average molecular weight is 382 g/mol. The van der Waals surface area contributed by atoms with Gasteiger partial charge in [-0.15, -0.1) is 0 Å². The third-order valence-electron chi connectivity index (χ3n) is 4.95. The summed E-state index contributed by atoms with van der Waals surface area (Å²) in [5.41, 5.74) is 4.83. The molecule has 4 rings (SSSR count). The van der Waals surface area contributed by atoms with Crippen LogP contribution in [-0.2, 0) is 36.5 Å². The highest BCUT2D eigenvalue weighted by molar-refractivity contribution is 7.89. The fourth-order valence-corrected chi connectivity index (χ4v) is 4.57. The van der Waals surface area contributed by atoms with Crippen molar-refractivity contribution in [2.45, 2.75) is 37.1 Å². The van der Waals surface area contributed by atoms with Gasteiger partial charge in [0.15, 0.2) is 0 Å². The first-order valence-corrected chi connectivity index (χ1v) is 10.6. The highest BCUT2D eigenvalue weighted by Gasteiger charge is 2.18. The Labute approximate surface area is 159 Å². The van der Waals surface area contributed by atoms with Gasteiger partial charge < -0.3 is 0 Å². The van der Waals surface area contributed by atoms with E-state index in [-0.39, 0.29) is 6.54 Å². The Bertz CT molecular complexity index is 1070. The maximum Gasteiger partial charge on any atom is 0.240 e. The Hall–Kier alpha value is -2.51. The molecule has 0 spiro atoms. The fraction of sp³-hybridized carbons (Fsp3) is 0.300. The predicted molar refractivity (Wildman–Crippen MR) is 104 cm³/mol. The van der Waals surface area contributed by atoms with E-state index in [9.17, 15) is 8.42 Å². The zero-order chi connectivity index (χ0) is 18.9. The Morgan fingerprint density at radius 3 is 2.74 bits per heavy atom. The van der Waals surface area contributed by atoms with E-state index in [0.717, 1.165) is 41.6 Å². The molecule has 0 radical (unpaired) electrons. The minimum atomic E-state index is -3.58. The van der Waals surface area contributed by atoms with Crippen molar-refractivity contribution in [3.63, 3.8) is 0 Å². The lowest BCUT2D eigenvalue weighted by Crippen LogP contribution is -2.24. The molecule has 6 nitrogen and oxygen atoms in total. The second-order valence-corrected chi connectivity index (χ2v) is 8.64. The predicted octanol–water partition coefficient (Wildman–Crippen LogP) is 2.84. The van der Waals surface area contributed by atoms with Crippen LogP contribution in [0.5, 0.6) is 0 Å². The molecule has 0 aliphatic heterocycles. The number of nitrogens with zero attached hydrogens (tertiary/aromatic N) is 3. The van der Waals surface area contributed by atoms with Crippen molar-refractivity contribution in [1.29, 1.82) is 0 Å². The molecule has 1 N–H and O–H groups in total. The summed E-state index contributed by atoms with van der Waals surface area (Å²) in [6, 6.07) is 9.17. The van der Waals surface area contributed by atoms with Gasteiger partial charge in [0.2, 0.25) is 10.0 Å². The first-order chi connectivity index (χ1) is 13.0. The molecule has 0 fully saturated rings. The van der Waals surface area contributed by atoms with E-state index in [1.165, 1.54) is 12.0 Å². The number of pyridine rings is 1. The lowest BCUT2D eigenvalue weighted by atomic mass is 9.92. The van der Waals surface area contributed by atoms with Crippen LogP contribution in [0.1, 0.15) is 29.5 Å². The summed E-state index contributed by atoms with van der Waals surface area (Å²) in [6.07, 6.45) is 9.57. The van der Waals surface area contributed by atoms with E-state index < -0.39 is 10.0 Å². The average Bonchev–Trinajstić information content (AvgIpc) is 3.12. The molecule has 3 aromatic rings. The smallest absolute Gasteiger partial charge is 0.240 e. The van der Waals surface area contributed by atoms with Gasteiger partial charge in [-0.05, 0) is 60.6 Å². The summed E-state index contributed by atoms with van der Waals surface area (Å²) < 4.78 is 30.0. The van der Waals surface area contributed by atoms with E-state index >= 15 is 0 Å². The van der Waals surface area contributed by atoms with Crippen molar-refractivity contribution in [3.8, 4) is 11.3 Å². The summed E-state index contributed by atoms with van der Waals surface area (Å²) in [7, 11) is -1.75. The number of aryl methyl sites for hydroxylation is 3. The molecule has 7 heteroatoms. The van der Waals surface area contributed by atoms with Crippen LogP contribution in [-0.4, -0.2) is 23.2 Å². The number of rotatable bonds is 5. The van der Waals surface area contributed by atoms with E-state index in [4.69, 9.17) is 0 Å². The highest BCUT2D eigenvalue weighted by Crippen LogP contribution is 2.25. The van der Waals surface area contributed by atoms with Gasteiger partial charge in [0, 0.05) is 31.5 Å². The second-order valence-electron chi connectivity index (χ2n) is 6.88. The number of benzene rings is 1. The zero-order valence-corrected chi connectivity index (χ0v) is 16.0. The van der Waals surface area contributed by atoms with Crippen molar-refractivity contribution >= 4 is 10.0 Å². The minimum absolute atomic E-state index is 0.178. The second kappa shape index (κ2) is 7.25. The molecule has 0 saturated carbocycles. The van der Waals surface area contributed by atoms with E-state index in [0.29, 0.717) is 4.90 Å². The van der Waals surface area contributed by atoms with Crippen LogP contribution < -0.4 is 4.72 Å². The number of hydrogen-bond donors (Lipinski definition) is 1. The third-order valence-corrected chi connectivity index (χ3v) is 6.35. The third kappa shape index (κ3) is 3.79. The summed E-state index contributed by atoms with van der Waals surface area (Å²) in [6.45, 7) is 0.178. The number of nitrogens with one attached hydrogen (secondary N) is 1. The van der Waals surface area contributed by atoms with Crippen molar-refractivity contribution in [1.82, 2.24) is 19.5 Å². The van der Waals surface area contributed by atoms with E-state index in [1.807, 2.05) is 37.5 Å². The molecule has 27 heavy (non-hydrogen) atoms. The van der Waals surface area contributed by atoms with Gasteiger partial charge in [-0.25, -0.2) is 13.1 Å². The molecular formula is C20H22N4O2S. The zero-order valence-electron chi connectivity index (χ0n) is 15.2. The van der Waals surface area contributed by atoms with Gasteiger partial charge >= 0.3 is 0 Å². The molecule has 2 aromatic heterocycles. The number of fused-ring (bicyclic) bond motifs is 1. The van der Waals surface area contributed by atoms with Gasteiger partial charge in [-0.3, -0.25) is 9.67 Å². The number of sulfonamides is 1. The summed E-state index contributed by atoms with van der Waals surface area (Å²) in [5.74, 6) is 0. The largest absolute Gasteiger partial charge is 0.275 e. The minimum Gasteiger partial charge on any atom is -0.275 e. The molecular weight excluding hydrogens is 360 g/mol. The Kier molecular flexibility index (Phi) is 4.80. The highest BCUT2D eigenvalue weighted by atomic mass is 32.2. The molecule has 0 amide bonds. The van der Waals surface area contributed by atoms with Crippen molar-refractivity contribution in [2.75, 3.05) is 0 Å². The molecule has 1 aliphatic rings. The van der Waals surface area contributed by atoms with Crippen LogP contribution in [0.2, 0.25) is 0 Å². The lowest BCUT2D eigenvalue weighted by Gasteiger charge is -2.17. The molecule has 0 bridgehead atoms. The molecule has 0 unspecified atom stereocenters. The van der Waals surface area contributed by atoms with Crippen LogP contribution in [0, 0.1) is 0 Å². The van der Waals surface area contributed by atoms with Gasteiger partial charge in [0.1, 0.15) is 0 Å². The Morgan fingerprint density at radius 2 is 1.96 bits per heavy atom. The molecule has 140 valence electrons. The number of aromatic nitrogens is 3. The van der Waals surface area contributed by atoms with Crippen molar-refractivity contribution < 1.29 is 8.42 Å². The standard InChI is InChI=1S/C20H22N4O2S/c1-24-14-18(12-22-24)20-17(7-4-10-21-20)13-23-27(25,26)19-9-8-15-5-2-3-6-16(15)11-19/h4,7-12,14,23H,2-3,5-6,13H2,1H3. The van der Waals surface area contributed by atoms with Crippen molar-refractivity contribution in [3.05, 3.63) is 65.6 Å². The fourth-order valence-electron chi connectivity index (χ4n) is 3.52. The Morgan fingerprint density at radius 1 is 1.15 bits per heavy atom. The molecule has 0 atom stereocenters. The van der Waals surface area contributed by atoms with Crippen LogP contribution in [0.4, 0.5) is 0 Å². The van der Waals surface area contributed by atoms with Crippen LogP contribution in [0.3, 0.4) is 0 Å². The maximum absolute atomic E-state index is 12.8.